The molecule has 0 atom stereocenters. The minimum Gasteiger partial charge on any atom is -0.378 e. The zero-order chi connectivity index (χ0) is 22.1. The molecule has 0 amide bonds. The summed E-state index contributed by atoms with van der Waals surface area (Å²) in [4.78, 5) is 7.32. The summed E-state index contributed by atoms with van der Waals surface area (Å²) in [5.41, 5.74) is 10.4. The lowest BCUT2D eigenvalue weighted by molar-refractivity contribution is 1.13. The highest BCUT2D eigenvalue weighted by Crippen LogP contribution is 2.43. The Hall–Kier alpha value is -3.91. The van der Waals surface area contributed by atoms with Gasteiger partial charge in [0.1, 0.15) is 0 Å². The summed E-state index contributed by atoms with van der Waals surface area (Å²) in [6, 6.07) is 36.5. The molecule has 4 aromatic carbocycles. The van der Waals surface area contributed by atoms with E-state index in [0.717, 1.165) is 16.8 Å². The van der Waals surface area contributed by atoms with E-state index in [9.17, 15) is 0 Å². The zero-order valence-electron chi connectivity index (χ0n) is 18.7. The van der Waals surface area contributed by atoms with Crippen LogP contribution in [0.1, 0.15) is 5.56 Å². The number of fused-ring (bicyclic) bond motifs is 1. The Morgan fingerprint density at radius 3 is 1.81 bits per heavy atom. The Morgan fingerprint density at radius 2 is 1.19 bits per heavy atom. The summed E-state index contributed by atoms with van der Waals surface area (Å²) in [6.45, 7) is 2.14. The predicted octanol–water partition coefficient (Wildman–Crippen LogP) is 7.61. The van der Waals surface area contributed by atoms with Crippen LogP contribution in [0.2, 0.25) is 0 Å². The molecule has 5 rings (SSSR count). The van der Waals surface area contributed by atoms with E-state index in [4.69, 9.17) is 4.98 Å². The van der Waals surface area contributed by atoms with Crippen molar-refractivity contribution in [2.75, 3.05) is 19.0 Å². The molecule has 5 aromatic rings. The molecule has 2 heteroatoms. The molecule has 0 radical (unpaired) electrons. The molecule has 32 heavy (non-hydrogen) atoms. The van der Waals surface area contributed by atoms with Crippen LogP contribution in [0.3, 0.4) is 0 Å². The molecule has 0 fully saturated rings. The van der Waals surface area contributed by atoms with E-state index in [1.54, 1.807) is 0 Å². The van der Waals surface area contributed by atoms with Crippen molar-refractivity contribution in [3.05, 3.63) is 109 Å². The molecule has 0 aliphatic carbocycles. The van der Waals surface area contributed by atoms with Gasteiger partial charge in [0.25, 0.3) is 0 Å². The van der Waals surface area contributed by atoms with E-state index in [1.807, 2.05) is 0 Å². The molecule has 2 nitrogen and oxygen atoms in total. The average Bonchev–Trinajstić information content (AvgIpc) is 2.84. The summed E-state index contributed by atoms with van der Waals surface area (Å²) >= 11 is 0. The lowest BCUT2D eigenvalue weighted by Gasteiger charge is -2.20. The smallest absolute Gasteiger partial charge is 0.0794 e. The molecule has 0 aliphatic heterocycles. The molecule has 0 spiro atoms. The van der Waals surface area contributed by atoms with Crippen molar-refractivity contribution in [2.45, 2.75) is 6.92 Å². The molecule has 0 unspecified atom stereocenters. The van der Waals surface area contributed by atoms with Gasteiger partial charge in [0.2, 0.25) is 0 Å². The van der Waals surface area contributed by atoms with E-state index in [0.29, 0.717) is 0 Å². The Bertz CT molecular complexity index is 1370. The van der Waals surface area contributed by atoms with E-state index in [-0.39, 0.29) is 0 Å². The Balaban J connectivity index is 1.92. The van der Waals surface area contributed by atoms with Crippen LogP contribution in [0.25, 0.3) is 44.4 Å². The zero-order valence-corrected chi connectivity index (χ0v) is 18.7. The third-order valence-electron chi connectivity index (χ3n) is 5.92. The maximum absolute atomic E-state index is 5.19. The quantitative estimate of drug-likeness (QED) is 0.301. The van der Waals surface area contributed by atoms with Gasteiger partial charge >= 0.3 is 0 Å². The predicted molar refractivity (Wildman–Crippen MR) is 137 cm³/mol. The number of benzene rings is 4. The molecule has 0 N–H and O–H groups in total. The van der Waals surface area contributed by atoms with Gasteiger partial charge in [-0.2, -0.15) is 0 Å². The van der Waals surface area contributed by atoms with Gasteiger partial charge in [0.15, 0.2) is 0 Å². The minimum absolute atomic E-state index is 1.01. The summed E-state index contributed by atoms with van der Waals surface area (Å²) in [6.07, 6.45) is 0. The van der Waals surface area contributed by atoms with Gasteiger partial charge in [-0.1, -0.05) is 84.4 Å². The van der Waals surface area contributed by atoms with Crippen LogP contribution in [-0.4, -0.2) is 19.1 Å². The molecular formula is C30H26N2. The van der Waals surface area contributed by atoms with Gasteiger partial charge < -0.3 is 4.90 Å². The van der Waals surface area contributed by atoms with Crippen molar-refractivity contribution >= 4 is 16.6 Å². The lowest BCUT2D eigenvalue weighted by atomic mass is 9.87. The SMILES string of the molecule is Cc1ccc2nc(-c3ccccc3)c(-c3ccccc3)c(-c3ccc(N(C)C)cc3)c2c1. The molecule has 0 saturated heterocycles. The first-order valence-electron chi connectivity index (χ1n) is 10.9. The van der Waals surface area contributed by atoms with Crippen LogP contribution in [0.5, 0.6) is 0 Å². The fraction of sp³-hybridized carbons (Fsp3) is 0.100. The normalized spacial score (nSPS) is 11.0. The topological polar surface area (TPSA) is 16.1 Å². The molecule has 0 aliphatic rings. The molecule has 156 valence electrons. The van der Waals surface area contributed by atoms with Crippen molar-refractivity contribution in [1.82, 2.24) is 4.98 Å². The van der Waals surface area contributed by atoms with Crippen molar-refractivity contribution < 1.29 is 0 Å². The van der Waals surface area contributed by atoms with Crippen molar-refractivity contribution in [3.63, 3.8) is 0 Å². The number of nitrogens with zero attached hydrogens (tertiary/aromatic N) is 2. The highest BCUT2D eigenvalue weighted by Gasteiger charge is 2.19. The van der Waals surface area contributed by atoms with E-state index >= 15 is 0 Å². The van der Waals surface area contributed by atoms with Gasteiger partial charge in [0.05, 0.1) is 11.2 Å². The fourth-order valence-corrected chi connectivity index (χ4v) is 4.29. The number of rotatable bonds is 4. The summed E-state index contributed by atoms with van der Waals surface area (Å²) in [7, 11) is 4.15. The highest BCUT2D eigenvalue weighted by atomic mass is 15.1. The first kappa shape index (κ1) is 20.0. The minimum atomic E-state index is 1.01. The van der Waals surface area contributed by atoms with Crippen LogP contribution < -0.4 is 4.90 Å². The van der Waals surface area contributed by atoms with E-state index in [1.165, 1.54) is 38.9 Å². The van der Waals surface area contributed by atoms with Crippen LogP contribution in [0, 0.1) is 6.92 Å². The van der Waals surface area contributed by atoms with Crippen LogP contribution >= 0.6 is 0 Å². The third kappa shape index (κ3) is 3.65. The van der Waals surface area contributed by atoms with Crippen LogP contribution in [0.15, 0.2) is 103 Å². The number of anilines is 1. The van der Waals surface area contributed by atoms with Gasteiger partial charge in [-0.25, -0.2) is 4.98 Å². The molecule has 0 saturated carbocycles. The second-order valence-electron chi connectivity index (χ2n) is 8.40. The molecule has 1 aromatic heterocycles. The Morgan fingerprint density at radius 1 is 0.594 bits per heavy atom. The number of hydrogen-bond acceptors (Lipinski definition) is 2. The number of hydrogen-bond donors (Lipinski definition) is 0. The van der Waals surface area contributed by atoms with E-state index in [2.05, 4.69) is 129 Å². The van der Waals surface area contributed by atoms with Crippen LogP contribution in [-0.2, 0) is 0 Å². The molecule has 1 heterocycles. The third-order valence-corrected chi connectivity index (χ3v) is 5.92. The second-order valence-corrected chi connectivity index (χ2v) is 8.40. The standard InChI is InChI=1S/C30H26N2/c1-21-14-19-27-26(20-21)28(23-15-17-25(18-16-23)32(2)3)29(22-10-6-4-7-11-22)30(31-27)24-12-8-5-9-13-24/h4-20H,1-3H3. The first-order valence-corrected chi connectivity index (χ1v) is 10.9. The molecule has 0 bridgehead atoms. The largest absolute Gasteiger partial charge is 0.378 e. The average molecular weight is 415 g/mol. The lowest BCUT2D eigenvalue weighted by Crippen LogP contribution is -2.08. The van der Waals surface area contributed by atoms with Crippen molar-refractivity contribution in [2.24, 2.45) is 0 Å². The first-order chi connectivity index (χ1) is 15.6. The maximum Gasteiger partial charge on any atom is 0.0794 e. The van der Waals surface area contributed by atoms with Crippen molar-refractivity contribution in [3.8, 4) is 33.5 Å². The Labute approximate surface area is 189 Å². The van der Waals surface area contributed by atoms with Crippen molar-refractivity contribution in [1.29, 1.82) is 0 Å². The Kier molecular flexibility index (Phi) is 5.20. The maximum atomic E-state index is 5.19. The second kappa shape index (κ2) is 8.32. The van der Waals surface area contributed by atoms with Gasteiger partial charge in [-0.05, 0) is 42.3 Å². The van der Waals surface area contributed by atoms with Gasteiger partial charge in [-0.3, -0.25) is 0 Å². The summed E-state index contributed by atoms with van der Waals surface area (Å²) in [5.74, 6) is 0. The van der Waals surface area contributed by atoms with Crippen LogP contribution in [0.4, 0.5) is 5.69 Å². The molecular weight excluding hydrogens is 388 g/mol. The highest BCUT2D eigenvalue weighted by molar-refractivity contribution is 6.07. The number of pyridine rings is 1. The van der Waals surface area contributed by atoms with E-state index < -0.39 is 0 Å². The number of aryl methyl sites for hydroxylation is 1. The fourth-order valence-electron chi connectivity index (χ4n) is 4.29. The number of aromatic nitrogens is 1. The van der Waals surface area contributed by atoms with Gasteiger partial charge in [0, 0.05) is 41.9 Å². The summed E-state index contributed by atoms with van der Waals surface area (Å²) < 4.78 is 0. The monoisotopic (exact) mass is 414 g/mol. The summed E-state index contributed by atoms with van der Waals surface area (Å²) in [5, 5.41) is 1.18. The van der Waals surface area contributed by atoms with Gasteiger partial charge in [-0.15, -0.1) is 0 Å².